The van der Waals surface area contributed by atoms with Gasteiger partial charge in [-0.15, -0.1) is 0 Å². The van der Waals surface area contributed by atoms with Crippen LogP contribution in [-0.4, -0.2) is 34.5 Å². The number of halogens is 1. The molecule has 1 aliphatic heterocycles. The molecule has 0 radical (unpaired) electrons. The summed E-state index contributed by atoms with van der Waals surface area (Å²) in [7, 11) is 0. The van der Waals surface area contributed by atoms with Crippen LogP contribution in [0.1, 0.15) is 61.9 Å². The zero-order chi connectivity index (χ0) is 19.8. The lowest BCUT2D eigenvalue weighted by molar-refractivity contribution is -0.128. The number of rotatable bonds is 9. The summed E-state index contributed by atoms with van der Waals surface area (Å²) in [6, 6.07) is 6.60. The van der Waals surface area contributed by atoms with Gasteiger partial charge in [0.2, 0.25) is 5.91 Å². The maximum Gasteiger partial charge on any atom is 0.335 e. The Labute approximate surface area is 160 Å². The van der Waals surface area contributed by atoms with Crippen LogP contribution in [0.15, 0.2) is 47.8 Å². The molecule has 1 aliphatic rings. The van der Waals surface area contributed by atoms with Crippen LogP contribution >= 0.6 is 0 Å². The quantitative estimate of drug-likeness (QED) is 0.626. The molecule has 2 rings (SSSR count). The van der Waals surface area contributed by atoms with Crippen molar-refractivity contribution in [3.63, 3.8) is 0 Å². The SMILES string of the molecule is CCCC/C(C)=C(F)\C=C\[C@H]1CCC(=O)N1CCc1ccc(C(=O)O)cc1. The number of carbonyl (C=O) groups is 2. The molecule has 1 heterocycles. The normalized spacial score (nSPS) is 18.3. The van der Waals surface area contributed by atoms with E-state index in [9.17, 15) is 14.0 Å². The van der Waals surface area contributed by atoms with Crippen LogP contribution in [0, 0.1) is 0 Å². The molecule has 146 valence electrons. The molecule has 4 nitrogen and oxygen atoms in total. The van der Waals surface area contributed by atoms with E-state index in [1.807, 2.05) is 6.92 Å². The van der Waals surface area contributed by atoms with Crippen LogP contribution in [0.4, 0.5) is 4.39 Å². The first kappa shape index (κ1) is 20.9. The Morgan fingerprint density at radius 3 is 2.67 bits per heavy atom. The molecule has 1 N–H and O–H groups in total. The van der Waals surface area contributed by atoms with Gasteiger partial charge in [0.15, 0.2) is 0 Å². The number of hydrogen-bond acceptors (Lipinski definition) is 2. The third-order valence-corrected chi connectivity index (χ3v) is 4.99. The van der Waals surface area contributed by atoms with Gasteiger partial charge in [-0.3, -0.25) is 4.79 Å². The molecule has 0 unspecified atom stereocenters. The molecule has 0 saturated carbocycles. The maximum atomic E-state index is 14.2. The molecular weight excluding hydrogens is 345 g/mol. The van der Waals surface area contributed by atoms with Crippen LogP contribution in [0.5, 0.6) is 0 Å². The second-order valence-corrected chi connectivity index (χ2v) is 7.04. The van der Waals surface area contributed by atoms with Crippen molar-refractivity contribution in [2.24, 2.45) is 0 Å². The fraction of sp³-hybridized carbons (Fsp3) is 0.455. The molecular formula is C22H28FNO3. The lowest BCUT2D eigenvalue weighted by Crippen LogP contribution is -2.33. The van der Waals surface area contributed by atoms with Crippen molar-refractivity contribution in [2.45, 2.75) is 58.4 Å². The van der Waals surface area contributed by atoms with Gasteiger partial charge >= 0.3 is 5.97 Å². The highest BCUT2D eigenvalue weighted by Gasteiger charge is 2.28. The number of carboxylic acids is 1. The van der Waals surface area contributed by atoms with E-state index in [0.717, 1.165) is 30.4 Å². The Kier molecular flexibility index (Phi) is 7.77. The topological polar surface area (TPSA) is 57.6 Å². The number of allylic oxidation sites excluding steroid dienone is 3. The van der Waals surface area contributed by atoms with E-state index >= 15 is 0 Å². The number of carbonyl (C=O) groups excluding carboxylic acids is 1. The second kappa shape index (κ2) is 10.0. The zero-order valence-electron chi connectivity index (χ0n) is 16.1. The Hall–Kier alpha value is -2.43. The van der Waals surface area contributed by atoms with Gasteiger partial charge < -0.3 is 10.0 Å². The van der Waals surface area contributed by atoms with Gasteiger partial charge in [0, 0.05) is 13.0 Å². The third-order valence-electron chi connectivity index (χ3n) is 4.99. The minimum Gasteiger partial charge on any atom is -0.478 e. The Balaban J connectivity index is 1.97. The summed E-state index contributed by atoms with van der Waals surface area (Å²) in [6.07, 6.45) is 7.89. The Morgan fingerprint density at radius 2 is 2.04 bits per heavy atom. The van der Waals surface area contributed by atoms with E-state index in [0.29, 0.717) is 25.8 Å². The Morgan fingerprint density at radius 1 is 1.33 bits per heavy atom. The lowest BCUT2D eigenvalue weighted by Gasteiger charge is -2.22. The third kappa shape index (κ3) is 6.05. The van der Waals surface area contributed by atoms with Crippen molar-refractivity contribution in [3.05, 3.63) is 58.9 Å². The summed E-state index contributed by atoms with van der Waals surface area (Å²) in [4.78, 5) is 24.9. The average molecular weight is 373 g/mol. The van der Waals surface area contributed by atoms with Crippen molar-refractivity contribution in [3.8, 4) is 0 Å². The summed E-state index contributed by atoms with van der Waals surface area (Å²) < 4.78 is 14.2. The summed E-state index contributed by atoms with van der Waals surface area (Å²) >= 11 is 0. The summed E-state index contributed by atoms with van der Waals surface area (Å²) in [5, 5.41) is 8.94. The number of benzene rings is 1. The molecule has 1 amide bonds. The van der Waals surface area contributed by atoms with Crippen LogP contribution in [0.2, 0.25) is 0 Å². The number of carboxylic acid groups (broad SMARTS) is 1. The molecule has 1 fully saturated rings. The van der Waals surface area contributed by atoms with Gasteiger partial charge in [0.05, 0.1) is 11.6 Å². The van der Waals surface area contributed by atoms with Crippen LogP contribution in [0.25, 0.3) is 0 Å². The summed E-state index contributed by atoms with van der Waals surface area (Å²) in [5.74, 6) is -1.07. The van der Waals surface area contributed by atoms with E-state index in [2.05, 4.69) is 6.92 Å². The zero-order valence-corrected chi connectivity index (χ0v) is 16.1. The van der Waals surface area contributed by atoms with Crippen molar-refractivity contribution in [1.82, 2.24) is 4.90 Å². The van der Waals surface area contributed by atoms with Gasteiger partial charge in [0.1, 0.15) is 5.83 Å². The van der Waals surface area contributed by atoms with Crippen LogP contribution in [0.3, 0.4) is 0 Å². The maximum absolute atomic E-state index is 14.2. The van der Waals surface area contributed by atoms with Gasteiger partial charge in [-0.25, -0.2) is 9.18 Å². The lowest BCUT2D eigenvalue weighted by atomic mass is 10.1. The highest BCUT2D eigenvalue weighted by atomic mass is 19.1. The highest BCUT2D eigenvalue weighted by Crippen LogP contribution is 2.22. The van der Waals surface area contributed by atoms with E-state index in [4.69, 9.17) is 5.11 Å². The predicted octanol–water partition coefficient (Wildman–Crippen LogP) is 4.91. The molecule has 1 atom stereocenters. The first-order valence-corrected chi connectivity index (χ1v) is 9.57. The van der Waals surface area contributed by atoms with E-state index < -0.39 is 5.97 Å². The molecule has 0 aliphatic carbocycles. The summed E-state index contributed by atoms with van der Waals surface area (Å²) in [5.41, 5.74) is 1.98. The van der Waals surface area contributed by atoms with Gasteiger partial charge in [0.25, 0.3) is 0 Å². The number of likely N-dealkylation sites (tertiary alicyclic amines) is 1. The Bertz CT molecular complexity index is 722. The van der Waals surface area contributed by atoms with E-state index in [-0.39, 0.29) is 23.3 Å². The predicted molar refractivity (Wildman–Crippen MR) is 104 cm³/mol. The van der Waals surface area contributed by atoms with E-state index in [1.54, 1.807) is 35.2 Å². The molecule has 0 bridgehead atoms. The number of unbranched alkanes of at least 4 members (excludes halogenated alkanes) is 1. The monoisotopic (exact) mass is 373 g/mol. The van der Waals surface area contributed by atoms with Gasteiger partial charge in [-0.1, -0.05) is 31.6 Å². The smallest absolute Gasteiger partial charge is 0.335 e. The molecule has 1 saturated heterocycles. The van der Waals surface area contributed by atoms with E-state index in [1.165, 1.54) is 6.08 Å². The number of hydrogen-bond donors (Lipinski definition) is 1. The molecule has 0 spiro atoms. The number of aromatic carboxylic acids is 1. The number of nitrogens with zero attached hydrogens (tertiary/aromatic N) is 1. The van der Waals surface area contributed by atoms with Crippen molar-refractivity contribution >= 4 is 11.9 Å². The van der Waals surface area contributed by atoms with Gasteiger partial charge in [-0.2, -0.15) is 0 Å². The molecule has 27 heavy (non-hydrogen) atoms. The minimum absolute atomic E-state index is 0.0823. The fourth-order valence-corrected chi connectivity index (χ4v) is 3.21. The average Bonchev–Trinajstić information content (AvgIpc) is 3.02. The van der Waals surface area contributed by atoms with Crippen LogP contribution in [-0.2, 0) is 11.2 Å². The molecule has 1 aromatic rings. The molecule has 0 aromatic heterocycles. The first-order chi connectivity index (χ1) is 12.9. The second-order valence-electron chi connectivity index (χ2n) is 7.04. The van der Waals surface area contributed by atoms with Gasteiger partial charge in [-0.05, 0) is 62.0 Å². The minimum atomic E-state index is -0.953. The highest BCUT2D eigenvalue weighted by molar-refractivity contribution is 5.87. The molecule has 5 heteroatoms. The van der Waals surface area contributed by atoms with Crippen LogP contribution < -0.4 is 0 Å². The number of amides is 1. The summed E-state index contributed by atoms with van der Waals surface area (Å²) in [6.45, 7) is 4.44. The first-order valence-electron chi connectivity index (χ1n) is 9.57. The van der Waals surface area contributed by atoms with Crippen molar-refractivity contribution in [2.75, 3.05) is 6.54 Å². The molecule has 1 aromatic carbocycles. The fourth-order valence-electron chi connectivity index (χ4n) is 3.21. The largest absolute Gasteiger partial charge is 0.478 e. The van der Waals surface area contributed by atoms with Crippen molar-refractivity contribution < 1.29 is 19.1 Å². The van der Waals surface area contributed by atoms with Crippen molar-refractivity contribution in [1.29, 1.82) is 0 Å². The standard InChI is InChI=1S/C22H28FNO3/c1-3-4-5-16(2)20(23)12-10-19-11-13-21(25)24(19)15-14-17-6-8-18(9-7-17)22(26)27/h6-10,12,19H,3-5,11,13-15H2,1-2H3,(H,26,27)/b12-10+,20-16+/t19-/m0/s1.